The molecule has 3 heterocycles. The lowest BCUT2D eigenvalue weighted by atomic mass is 9.99. The van der Waals surface area contributed by atoms with E-state index in [0.717, 1.165) is 12.8 Å². The monoisotopic (exact) mass is 400 g/mol. The zero-order valence-corrected chi connectivity index (χ0v) is 16.9. The first-order chi connectivity index (χ1) is 12.8. The molecule has 3 rings (SSSR count). The predicted molar refractivity (Wildman–Crippen MR) is 97.6 cm³/mol. The maximum atomic E-state index is 12.4. The van der Waals surface area contributed by atoms with Crippen molar-refractivity contribution in [2.45, 2.75) is 44.3 Å². The molecule has 27 heavy (non-hydrogen) atoms. The minimum absolute atomic E-state index is 0.0356. The van der Waals surface area contributed by atoms with Gasteiger partial charge in [0.25, 0.3) is 0 Å². The van der Waals surface area contributed by atoms with E-state index in [1.54, 1.807) is 25.8 Å². The number of rotatable bonds is 7. The molecule has 0 spiro atoms. The molecule has 152 valence electrons. The molecule has 1 amide bonds. The van der Waals surface area contributed by atoms with Crippen molar-refractivity contribution < 1.29 is 22.5 Å². The number of carbonyl (C=O) groups is 1. The highest BCUT2D eigenvalue weighted by Crippen LogP contribution is 2.29. The van der Waals surface area contributed by atoms with Crippen molar-refractivity contribution in [3.8, 4) is 0 Å². The van der Waals surface area contributed by atoms with E-state index in [2.05, 4.69) is 10.1 Å². The summed E-state index contributed by atoms with van der Waals surface area (Å²) in [5, 5.41) is 3.54. The van der Waals surface area contributed by atoms with Gasteiger partial charge in [-0.15, -0.1) is 0 Å². The molecule has 2 aliphatic heterocycles. The SMILES string of the molecule is CC(C)S(=O)(=O)N1CC(c2nc(CCN(C)C(=O)C3CCOCC3)no2)C1. The Balaban J connectivity index is 1.47. The maximum absolute atomic E-state index is 12.4. The van der Waals surface area contributed by atoms with Crippen molar-refractivity contribution in [3.63, 3.8) is 0 Å². The van der Waals surface area contributed by atoms with Crippen molar-refractivity contribution in [1.29, 1.82) is 0 Å². The van der Waals surface area contributed by atoms with Crippen LogP contribution in [0, 0.1) is 5.92 Å². The minimum atomic E-state index is -3.23. The summed E-state index contributed by atoms with van der Waals surface area (Å²) in [6, 6.07) is 0. The van der Waals surface area contributed by atoms with E-state index in [0.29, 0.717) is 51.0 Å². The third-order valence-corrected chi connectivity index (χ3v) is 7.46. The Labute approximate surface area is 160 Å². The molecule has 1 aromatic rings. The number of carbonyl (C=O) groups excluding carboxylic acids is 1. The van der Waals surface area contributed by atoms with Gasteiger partial charge in [0.2, 0.25) is 21.8 Å². The minimum Gasteiger partial charge on any atom is -0.381 e. The van der Waals surface area contributed by atoms with Crippen LogP contribution in [0.4, 0.5) is 0 Å². The number of sulfonamides is 1. The molecular formula is C17H28N4O5S. The van der Waals surface area contributed by atoms with Gasteiger partial charge in [0.05, 0.1) is 11.2 Å². The highest BCUT2D eigenvalue weighted by molar-refractivity contribution is 7.89. The molecule has 0 aromatic carbocycles. The molecule has 0 aliphatic carbocycles. The van der Waals surface area contributed by atoms with Gasteiger partial charge in [-0.3, -0.25) is 4.79 Å². The number of hydrogen-bond donors (Lipinski definition) is 0. The number of hydrogen-bond acceptors (Lipinski definition) is 7. The van der Waals surface area contributed by atoms with Gasteiger partial charge in [-0.25, -0.2) is 12.7 Å². The third kappa shape index (κ3) is 4.49. The summed E-state index contributed by atoms with van der Waals surface area (Å²) in [5.41, 5.74) is 0. The van der Waals surface area contributed by atoms with Crippen molar-refractivity contribution in [2.75, 3.05) is 39.9 Å². The first-order valence-electron chi connectivity index (χ1n) is 9.43. The Hall–Kier alpha value is -1.52. The summed E-state index contributed by atoms with van der Waals surface area (Å²) in [5.74, 6) is 1.13. The van der Waals surface area contributed by atoms with Crippen LogP contribution in [0.2, 0.25) is 0 Å². The van der Waals surface area contributed by atoms with Crippen molar-refractivity contribution >= 4 is 15.9 Å². The van der Waals surface area contributed by atoms with Crippen LogP contribution < -0.4 is 0 Å². The lowest BCUT2D eigenvalue weighted by Crippen LogP contribution is -2.50. The quantitative estimate of drug-likeness (QED) is 0.661. The van der Waals surface area contributed by atoms with Crippen LogP contribution in [0.3, 0.4) is 0 Å². The fraction of sp³-hybridized carbons (Fsp3) is 0.824. The molecular weight excluding hydrogens is 372 g/mol. The van der Waals surface area contributed by atoms with E-state index >= 15 is 0 Å². The van der Waals surface area contributed by atoms with E-state index in [1.165, 1.54) is 4.31 Å². The predicted octanol–water partition coefficient (Wildman–Crippen LogP) is 0.635. The Kier molecular flexibility index (Phi) is 6.17. The molecule has 0 unspecified atom stereocenters. The van der Waals surface area contributed by atoms with E-state index in [9.17, 15) is 13.2 Å². The lowest BCUT2D eigenvalue weighted by molar-refractivity contribution is -0.137. The van der Waals surface area contributed by atoms with Gasteiger partial charge in [0.15, 0.2) is 5.82 Å². The number of nitrogens with zero attached hydrogens (tertiary/aromatic N) is 4. The average molecular weight is 401 g/mol. The van der Waals surface area contributed by atoms with Gasteiger partial charge in [-0.2, -0.15) is 4.98 Å². The normalized spacial score (nSPS) is 20.0. The summed E-state index contributed by atoms with van der Waals surface area (Å²) in [6.07, 6.45) is 2.05. The van der Waals surface area contributed by atoms with Crippen LogP contribution in [-0.4, -0.2) is 78.8 Å². The summed E-state index contributed by atoms with van der Waals surface area (Å²) in [6.45, 7) is 5.91. The van der Waals surface area contributed by atoms with Crippen LogP contribution in [0.5, 0.6) is 0 Å². The molecule has 0 bridgehead atoms. The van der Waals surface area contributed by atoms with Gasteiger partial charge in [-0.05, 0) is 26.7 Å². The second-order valence-electron chi connectivity index (χ2n) is 7.55. The van der Waals surface area contributed by atoms with Crippen molar-refractivity contribution in [2.24, 2.45) is 5.92 Å². The van der Waals surface area contributed by atoms with Gasteiger partial charge in [0.1, 0.15) is 0 Å². The molecule has 1 aromatic heterocycles. The highest BCUT2D eigenvalue weighted by Gasteiger charge is 2.40. The average Bonchev–Trinajstić information content (AvgIpc) is 3.06. The van der Waals surface area contributed by atoms with Gasteiger partial charge >= 0.3 is 0 Å². The molecule has 0 N–H and O–H groups in total. The zero-order chi connectivity index (χ0) is 19.6. The maximum Gasteiger partial charge on any atom is 0.232 e. The first kappa shape index (κ1) is 20.2. The number of aromatic nitrogens is 2. The molecule has 10 heteroatoms. The molecule has 0 atom stereocenters. The fourth-order valence-electron chi connectivity index (χ4n) is 3.27. The first-order valence-corrected chi connectivity index (χ1v) is 10.9. The van der Waals surface area contributed by atoms with Crippen LogP contribution in [0.15, 0.2) is 4.52 Å². The fourth-order valence-corrected chi connectivity index (χ4v) is 4.64. The number of ether oxygens (including phenoxy) is 1. The molecule has 0 saturated carbocycles. The summed E-state index contributed by atoms with van der Waals surface area (Å²) in [4.78, 5) is 18.5. The Bertz CT molecular complexity index is 751. The Morgan fingerprint density at radius 1 is 1.30 bits per heavy atom. The second-order valence-corrected chi connectivity index (χ2v) is 10.0. The topological polar surface area (TPSA) is 106 Å². The van der Waals surface area contributed by atoms with Crippen LogP contribution in [-0.2, 0) is 26.0 Å². The third-order valence-electron chi connectivity index (χ3n) is 5.25. The smallest absolute Gasteiger partial charge is 0.232 e. The van der Waals surface area contributed by atoms with Crippen molar-refractivity contribution in [3.05, 3.63) is 11.7 Å². The standard InChI is InChI=1S/C17H28N4O5S/c1-12(2)27(23,24)21-10-14(11-21)16-18-15(19-26-16)4-7-20(3)17(22)13-5-8-25-9-6-13/h12-14H,4-11H2,1-3H3. The van der Waals surface area contributed by atoms with E-state index in [1.807, 2.05) is 0 Å². The Morgan fingerprint density at radius 2 is 1.96 bits per heavy atom. The number of amides is 1. The van der Waals surface area contributed by atoms with Crippen LogP contribution in [0.1, 0.15) is 44.3 Å². The van der Waals surface area contributed by atoms with Crippen LogP contribution >= 0.6 is 0 Å². The van der Waals surface area contributed by atoms with Crippen LogP contribution in [0.25, 0.3) is 0 Å². The highest BCUT2D eigenvalue weighted by atomic mass is 32.2. The molecule has 2 saturated heterocycles. The van der Waals surface area contributed by atoms with Crippen molar-refractivity contribution in [1.82, 2.24) is 19.3 Å². The van der Waals surface area contributed by atoms with E-state index in [-0.39, 0.29) is 17.7 Å². The second kappa shape index (κ2) is 8.24. The van der Waals surface area contributed by atoms with E-state index in [4.69, 9.17) is 9.26 Å². The molecule has 2 aliphatic rings. The van der Waals surface area contributed by atoms with Gasteiger partial charge in [0, 0.05) is 52.2 Å². The largest absolute Gasteiger partial charge is 0.381 e. The molecule has 2 fully saturated rings. The van der Waals surface area contributed by atoms with Gasteiger partial charge < -0.3 is 14.2 Å². The van der Waals surface area contributed by atoms with E-state index < -0.39 is 15.3 Å². The number of likely N-dealkylation sites (N-methyl/N-ethyl adjacent to an activating group) is 1. The summed E-state index contributed by atoms with van der Waals surface area (Å²) >= 11 is 0. The summed E-state index contributed by atoms with van der Waals surface area (Å²) < 4.78 is 36.2. The molecule has 9 nitrogen and oxygen atoms in total. The summed E-state index contributed by atoms with van der Waals surface area (Å²) in [7, 11) is -1.43. The molecule has 0 radical (unpaired) electrons. The Morgan fingerprint density at radius 3 is 2.59 bits per heavy atom. The lowest BCUT2D eigenvalue weighted by Gasteiger charge is -2.36. The zero-order valence-electron chi connectivity index (χ0n) is 16.1. The van der Waals surface area contributed by atoms with Gasteiger partial charge in [-0.1, -0.05) is 5.16 Å².